The van der Waals surface area contributed by atoms with Gasteiger partial charge in [0.15, 0.2) is 0 Å². The summed E-state index contributed by atoms with van der Waals surface area (Å²) in [4.78, 5) is 31.4. The molecule has 3 rings (SSSR count). The van der Waals surface area contributed by atoms with E-state index in [4.69, 9.17) is 0 Å². The Bertz CT molecular complexity index is 725. The molecule has 1 aromatic heterocycles. The number of nitrogens with one attached hydrogen (secondary N) is 2. The summed E-state index contributed by atoms with van der Waals surface area (Å²) in [6.45, 7) is 1.78. The van der Waals surface area contributed by atoms with E-state index in [0.29, 0.717) is 33.1 Å². The molecule has 2 heterocycles. The maximum Gasteiger partial charge on any atom is 0.259 e. The van der Waals surface area contributed by atoms with Gasteiger partial charge in [-0.25, -0.2) is 9.97 Å². The molecule has 1 aromatic carbocycles. The SMILES string of the molecule is Cc1nc(Br)cc(Nc2ccc3c(c2)C(=O)NC3=O)n1. The summed E-state index contributed by atoms with van der Waals surface area (Å²) >= 11 is 3.29. The normalized spacial score (nSPS) is 13.1. The van der Waals surface area contributed by atoms with Crippen molar-refractivity contribution in [3.8, 4) is 0 Å². The van der Waals surface area contributed by atoms with Gasteiger partial charge in [-0.15, -0.1) is 0 Å². The fourth-order valence-electron chi connectivity index (χ4n) is 1.99. The quantitative estimate of drug-likeness (QED) is 0.650. The lowest BCUT2D eigenvalue weighted by atomic mass is 10.1. The summed E-state index contributed by atoms with van der Waals surface area (Å²) in [6, 6.07) is 6.69. The third kappa shape index (κ3) is 2.27. The highest BCUT2D eigenvalue weighted by Crippen LogP contribution is 2.23. The molecule has 1 aliphatic rings. The smallest absolute Gasteiger partial charge is 0.259 e. The monoisotopic (exact) mass is 332 g/mol. The lowest BCUT2D eigenvalue weighted by Crippen LogP contribution is -2.19. The first kappa shape index (κ1) is 12.7. The van der Waals surface area contributed by atoms with E-state index in [0.717, 1.165) is 0 Å². The van der Waals surface area contributed by atoms with E-state index < -0.39 is 0 Å². The van der Waals surface area contributed by atoms with Crippen LogP contribution in [0.3, 0.4) is 0 Å². The van der Waals surface area contributed by atoms with Crippen molar-refractivity contribution < 1.29 is 9.59 Å². The summed E-state index contributed by atoms with van der Waals surface area (Å²) in [5, 5.41) is 5.33. The number of hydrogen-bond donors (Lipinski definition) is 2. The summed E-state index contributed by atoms with van der Waals surface area (Å²) in [6.07, 6.45) is 0. The predicted molar refractivity (Wildman–Crippen MR) is 76.0 cm³/mol. The molecule has 0 saturated heterocycles. The molecule has 0 spiro atoms. The van der Waals surface area contributed by atoms with Crippen molar-refractivity contribution in [2.45, 2.75) is 6.92 Å². The fourth-order valence-corrected chi connectivity index (χ4v) is 2.46. The van der Waals surface area contributed by atoms with Crippen LogP contribution in [0.25, 0.3) is 0 Å². The van der Waals surface area contributed by atoms with E-state index in [-0.39, 0.29) is 11.8 Å². The number of fused-ring (bicyclic) bond motifs is 1. The number of aryl methyl sites for hydroxylation is 1. The number of benzene rings is 1. The third-order valence-corrected chi connectivity index (χ3v) is 3.22. The van der Waals surface area contributed by atoms with Crippen molar-refractivity contribution >= 4 is 39.2 Å². The largest absolute Gasteiger partial charge is 0.340 e. The van der Waals surface area contributed by atoms with Crippen molar-refractivity contribution in [1.82, 2.24) is 15.3 Å². The number of amides is 2. The zero-order valence-electron chi connectivity index (χ0n) is 10.4. The van der Waals surface area contributed by atoms with Gasteiger partial charge in [0.2, 0.25) is 0 Å². The molecule has 0 saturated carbocycles. The number of carbonyl (C=O) groups is 2. The molecule has 0 unspecified atom stereocenters. The van der Waals surface area contributed by atoms with E-state index in [1.54, 1.807) is 31.2 Å². The van der Waals surface area contributed by atoms with Crippen molar-refractivity contribution in [2.24, 2.45) is 0 Å². The zero-order chi connectivity index (χ0) is 14.3. The Morgan fingerprint density at radius 3 is 2.60 bits per heavy atom. The van der Waals surface area contributed by atoms with Crippen LogP contribution in [0, 0.1) is 6.92 Å². The minimum absolute atomic E-state index is 0.364. The Labute approximate surface area is 122 Å². The summed E-state index contributed by atoms with van der Waals surface area (Å²) < 4.78 is 0.668. The molecule has 2 aromatic rings. The minimum Gasteiger partial charge on any atom is -0.340 e. The average molecular weight is 333 g/mol. The Morgan fingerprint density at radius 1 is 1.10 bits per heavy atom. The van der Waals surface area contributed by atoms with Crippen LogP contribution in [-0.2, 0) is 0 Å². The lowest BCUT2D eigenvalue weighted by molar-refractivity contribution is 0.0879. The molecule has 0 atom stereocenters. The molecule has 2 N–H and O–H groups in total. The maximum atomic E-state index is 11.6. The second-order valence-corrected chi connectivity index (χ2v) is 5.10. The molecule has 2 amide bonds. The average Bonchev–Trinajstić information content (AvgIpc) is 2.63. The van der Waals surface area contributed by atoms with E-state index >= 15 is 0 Å². The molecular formula is C13H9BrN4O2. The first-order valence-electron chi connectivity index (χ1n) is 5.81. The molecular weight excluding hydrogens is 324 g/mol. The number of imide groups is 1. The zero-order valence-corrected chi connectivity index (χ0v) is 12.0. The van der Waals surface area contributed by atoms with Gasteiger partial charge < -0.3 is 5.32 Å². The van der Waals surface area contributed by atoms with Gasteiger partial charge in [0.1, 0.15) is 16.2 Å². The van der Waals surface area contributed by atoms with Gasteiger partial charge in [-0.05, 0) is 41.1 Å². The fraction of sp³-hybridized carbons (Fsp3) is 0.0769. The summed E-state index contributed by atoms with van der Waals surface area (Å²) in [7, 11) is 0. The first-order chi connectivity index (χ1) is 9.52. The molecule has 0 aliphatic carbocycles. The Morgan fingerprint density at radius 2 is 1.85 bits per heavy atom. The number of rotatable bonds is 2. The molecule has 20 heavy (non-hydrogen) atoms. The standard InChI is InChI=1S/C13H9BrN4O2/c1-6-15-10(14)5-11(16-6)17-7-2-3-8-9(4-7)13(20)18-12(8)19/h2-5H,1H3,(H,15,16,17)(H,18,19,20). The van der Waals surface area contributed by atoms with E-state index in [1.165, 1.54) is 0 Å². The number of halogens is 1. The van der Waals surface area contributed by atoms with Crippen molar-refractivity contribution in [2.75, 3.05) is 5.32 Å². The Balaban J connectivity index is 1.94. The van der Waals surface area contributed by atoms with Gasteiger partial charge in [0.25, 0.3) is 11.8 Å². The van der Waals surface area contributed by atoms with Gasteiger partial charge in [-0.2, -0.15) is 0 Å². The second-order valence-electron chi connectivity index (χ2n) is 4.29. The summed E-state index contributed by atoms with van der Waals surface area (Å²) in [5.41, 5.74) is 1.43. The second kappa shape index (κ2) is 4.68. The van der Waals surface area contributed by atoms with Crippen LogP contribution >= 0.6 is 15.9 Å². The van der Waals surface area contributed by atoms with E-state index in [1.807, 2.05) is 0 Å². The van der Waals surface area contributed by atoms with Crippen LogP contribution in [0.15, 0.2) is 28.9 Å². The van der Waals surface area contributed by atoms with Crippen LogP contribution in [-0.4, -0.2) is 21.8 Å². The molecule has 0 radical (unpaired) electrons. The Hall–Kier alpha value is -2.28. The van der Waals surface area contributed by atoms with Crippen LogP contribution in [0.4, 0.5) is 11.5 Å². The predicted octanol–water partition coefficient (Wildman–Crippen LogP) is 2.17. The lowest BCUT2D eigenvalue weighted by Gasteiger charge is -2.07. The molecule has 0 bridgehead atoms. The highest BCUT2D eigenvalue weighted by atomic mass is 79.9. The van der Waals surface area contributed by atoms with Gasteiger partial charge >= 0.3 is 0 Å². The van der Waals surface area contributed by atoms with Crippen molar-refractivity contribution in [3.05, 3.63) is 45.8 Å². The third-order valence-electron chi connectivity index (χ3n) is 2.81. The van der Waals surface area contributed by atoms with E-state index in [9.17, 15) is 9.59 Å². The molecule has 6 nitrogen and oxygen atoms in total. The summed E-state index contributed by atoms with van der Waals surface area (Å²) in [5.74, 6) is 0.482. The molecule has 0 fully saturated rings. The minimum atomic E-state index is -0.381. The molecule has 7 heteroatoms. The highest BCUT2D eigenvalue weighted by Gasteiger charge is 2.26. The van der Waals surface area contributed by atoms with Crippen LogP contribution in [0.1, 0.15) is 26.5 Å². The molecule has 100 valence electrons. The number of aromatic nitrogens is 2. The molecule has 1 aliphatic heterocycles. The number of hydrogen-bond acceptors (Lipinski definition) is 5. The first-order valence-corrected chi connectivity index (χ1v) is 6.60. The van der Waals surface area contributed by atoms with Crippen molar-refractivity contribution in [1.29, 1.82) is 0 Å². The maximum absolute atomic E-state index is 11.6. The van der Waals surface area contributed by atoms with Crippen LogP contribution in [0.2, 0.25) is 0 Å². The van der Waals surface area contributed by atoms with Crippen LogP contribution in [0.5, 0.6) is 0 Å². The van der Waals surface area contributed by atoms with Crippen molar-refractivity contribution in [3.63, 3.8) is 0 Å². The van der Waals surface area contributed by atoms with Crippen LogP contribution < -0.4 is 10.6 Å². The topological polar surface area (TPSA) is 84.0 Å². The number of anilines is 2. The highest BCUT2D eigenvalue weighted by molar-refractivity contribution is 9.10. The van der Waals surface area contributed by atoms with Gasteiger partial charge in [-0.3, -0.25) is 14.9 Å². The van der Waals surface area contributed by atoms with E-state index in [2.05, 4.69) is 36.5 Å². The van der Waals surface area contributed by atoms with Gasteiger partial charge in [-0.1, -0.05) is 0 Å². The number of carbonyl (C=O) groups excluding carboxylic acids is 2. The Kier molecular flexibility index (Phi) is 2.98. The van der Waals surface area contributed by atoms with Gasteiger partial charge in [0, 0.05) is 11.8 Å². The van der Waals surface area contributed by atoms with Gasteiger partial charge in [0.05, 0.1) is 11.1 Å². The number of nitrogens with zero attached hydrogens (tertiary/aromatic N) is 2.